The van der Waals surface area contributed by atoms with Gasteiger partial charge in [-0.25, -0.2) is 4.79 Å². The van der Waals surface area contributed by atoms with Crippen LogP contribution in [0.1, 0.15) is 27.4 Å². The maximum absolute atomic E-state index is 12.9. The van der Waals surface area contributed by atoms with Gasteiger partial charge in [0.15, 0.2) is 0 Å². The first-order valence-corrected chi connectivity index (χ1v) is 9.59. The van der Waals surface area contributed by atoms with Crippen LogP contribution in [0.2, 0.25) is 0 Å². The van der Waals surface area contributed by atoms with Gasteiger partial charge in [-0.2, -0.15) is 0 Å². The lowest BCUT2D eigenvalue weighted by Crippen LogP contribution is -2.15. The Hall–Kier alpha value is -3.72. The van der Waals surface area contributed by atoms with E-state index in [-0.39, 0.29) is 18.5 Å². The molecule has 1 heterocycles. The molecule has 0 N–H and O–H groups in total. The van der Waals surface area contributed by atoms with Crippen LogP contribution in [-0.4, -0.2) is 17.6 Å². The molecule has 0 fully saturated rings. The molecule has 29 heavy (non-hydrogen) atoms. The highest BCUT2D eigenvalue weighted by atomic mass is 16.5. The highest BCUT2D eigenvalue weighted by Gasteiger charge is 2.19. The number of hydrogen-bond acceptors (Lipinski definition) is 3. The molecular weight excluding hydrogens is 358 g/mol. The van der Waals surface area contributed by atoms with Crippen molar-refractivity contribution >= 4 is 5.97 Å². The highest BCUT2D eigenvalue weighted by molar-refractivity contribution is 5.96. The molecular formula is C26H21NO2. The maximum Gasteiger partial charge on any atom is 0.340 e. The Balaban J connectivity index is 1.59. The second-order valence-electron chi connectivity index (χ2n) is 6.76. The van der Waals surface area contributed by atoms with Gasteiger partial charge < -0.3 is 4.74 Å². The largest absolute Gasteiger partial charge is 0.461 e. The van der Waals surface area contributed by atoms with Crippen molar-refractivity contribution in [3.8, 4) is 11.1 Å². The number of aromatic nitrogens is 1. The normalized spacial score (nSPS) is 10.7. The quantitative estimate of drug-likeness (QED) is 0.401. The van der Waals surface area contributed by atoms with E-state index < -0.39 is 0 Å². The summed E-state index contributed by atoms with van der Waals surface area (Å²) in [7, 11) is 0. The van der Waals surface area contributed by atoms with Crippen LogP contribution in [0.25, 0.3) is 11.1 Å². The molecule has 3 nitrogen and oxygen atoms in total. The molecule has 0 aliphatic carbocycles. The molecule has 3 aromatic carbocycles. The number of nitrogens with zero attached hydrogens (tertiary/aromatic N) is 1. The Morgan fingerprint density at radius 3 is 1.90 bits per heavy atom. The third kappa shape index (κ3) is 4.41. The number of carbonyl (C=O) groups excluding carboxylic acids is 1. The van der Waals surface area contributed by atoms with E-state index in [0.717, 1.165) is 22.3 Å². The van der Waals surface area contributed by atoms with Gasteiger partial charge in [0.2, 0.25) is 0 Å². The van der Waals surface area contributed by atoms with Crippen LogP contribution in [0.5, 0.6) is 0 Å². The van der Waals surface area contributed by atoms with Gasteiger partial charge in [-0.3, -0.25) is 4.98 Å². The SMILES string of the molecule is O=C(OCC(c1ccccc1)c1ccccc1)c1cnccc1-c1ccccc1. The maximum atomic E-state index is 12.9. The van der Waals surface area contributed by atoms with E-state index in [9.17, 15) is 4.79 Å². The number of pyridine rings is 1. The molecule has 142 valence electrons. The van der Waals surface area contributed by atoms with Crippen molar-refractivity contribution in [1.82, 2.24) is 4.98 Å². The van der Waals surface area contributed by atoms with Crippen molar-refractivity contribution in [1.29, 1.82) is 0 Å². The summed E-state index contributed by atoms with van der Waals surface area (Å²) in [4.78, 5) is 17.1. The predicted octanol–water partition coefficient (Wildman–Crippen LogP) is 5.74. The fourth-order valence-electron chi connectivity index (χ4n) is 3.42. The monoisotopic (exact) mass is 379 g/mol. The first kappa shape index (κ1) is 18.6. The fourth-order valence-corrected chi connectivity index (χ4v) is 3.42. The Morgan fingerprint density at radius 1 is 0.759 bits per heavy atom. The van der Waals surface area contributed by atoms with Gasteiger partial charge in [0.1, 0.15) is 6.61 Å². The summed E-state index contributed by atoms with van der Waals surface area (Å²) in [5.41, 5.74) is 4.48. The molecule has 0 radical (unpaired) electrons. The van der Waals surface area contributed by atoms with E-state index in [1.165, 1.54) is 0 Å². The molecule has 0 unspecified atom stereocenters. The molecule has 0 spiro atoms. The molecule has 0 saturated heterocycles. The van der Waals surface area contributed by atoms with Gasteiger partial charge in [-0.1, -0.05) is 91.0 Å². The van der Waals surface area contributed by atoms with Crippen molar-refractivity contribution in [2.45, 2.75) is 5.92 Å². The van der Waals surface area contributed by atoms with Gasteiger partial charge in [0, 0.05) is 18.3 Å². The topological polar surface area (TPSA) is 39.2 Å². The minimum absolute atomic E-state index is 0.0294. The molecule has 1 aromatic heterocycles. The van der Waals surface area contributed by atoms with Gasteiger partial charge in [-0.15, -0.1) is 0 Å². The van der Waals surface area contributed by atoms with Crippen molar-refractivity contribution in [2.24, 2.45) is 0 Å². The van der Waals surface area contributed by atoms with Crippen LogP contribution in [0, 0.1) is 0 Å². The zero-order valence-corrected chi connectivity index (χ0v) is 15.9. The van der Waals surface area contributed by atoms with E-state index in [1.807, 2.05) is 72.8 Å². The average molecular weight is 379 g/mol. The van der Waals surface area contributed by atoms with E-state index in [2.05, 4.69) is 29.2 Å². The number of benzene rings is 3. The van der Waals surface area contributed by atoms with E-state index >= 15 is 0 Å². The lowest BCUT2D eigenvalue weighted by Gasteiger charge is -2.18. The summed E-state index contributed by atoms with van der Waals surface area (Å²) < 4.78 is 5.78. The van der Waals surface area contributed by atoms with Gasteiger partial charge in [0.05, 0.1) is 5.56 Å². The number of hydrogen-bond donors (Lipinski definition) is 0. The molecule has 0 aliphatic rings. The summed E-state index contributed by atoms with van der Waals surface area (Å²) in [5.74, 6) is -0.396. The molecule has 0 saturated carbocycles. The zero-order chi connectivity index (χ0) is 19.9. The third-order valence-corrected chi connectivity index (χ3v) is 4.91. The van der Waals surface area contributed by atoms with E-state index in [1.54, 1.807) is 12.4 Å². The predicted molar refractivity (Wildman–Crippen MR) is 115 cm³/mol. The van der Waals surface area contributed by atoms with E-state index in [4.69, 9.17) is 4.74 Å². The Morgan fingerprint density at radius 2 is 1.31 bits per heavy atom. The lowest BCUT2D eigenvalue weighted by atomic mass is 9.92. The first-order valence-electron chi connectivity index (χ1n) is 9.59. The Labute approximate surface area is 170 Å². The van der Waals surface area contributed by atoms with Crippen molar-refractivity contribution in [3.05, 3.63) is 126 Å². The summed E-state index contributed by atoms with van der Waals surface area (Å²) in [6, 6.07) is 31.9. The molecule has 3 heteroatoms. The van der Waals surface area contributed by atoms with Crippen molar-refractivity contribution in [3.63, 3.8) is 0 Å². The molecule has 0 amide bonds. The lowest BCUT2D eigenvalue weighted by molar-refractivity contribution is 0.0493. The van der Waals surface area contributed by atoms with Crippen molar-refractivity contribution < 1.29 is 9.53 Å². The molecule has 4 rings (SSSR count). The zero-order valence-electron chi connectivity index (χ0n) is 15.9. The van der Waals surface area contributed by atoms with Crippen LogP contribution < -0.4 is 0 Å². The number of carbonyl (C=O) groups is 1. The summed E-state index contributed by atoms with van der Waals surface area (Å²) in [6.07, 6.45) is 3.26. The minimum atomic E-state index is -0.367. The number of ether oxygens (including phenoxy) is 1. The Bertz CT molecular complexity index is 1020. The second kappa shape index (κ2) is 8.98. The van der Waals surface area contributed by atoms with Crippen LogP contribution in [-0.2, 0) is 4.74 Å². The summed E-state index contributed by atoms with van der Waals surface area (Å²) >= 11 is 0. The fraction of sp³-hybridized carbons (Fsp3) is 0.0769. The third-order valence-electron chi connectivity index (χ3n) is 4.91. The number of rotatable bonds is 6. The summed E-state index contributed by atoms with van der Waals surface area (Å²) in [5, 5.41) is 0. The molecule has 4 aromatic rings. The van der Waals surface area contributed by atoms with Crippen LogP contribution in [0.15, 0.2) is 109 Å². The smallest absolute Gasteiger partial charge is 0.340 e. The first-order chi connectivity index (χ1) is 14.3. The van der Waals surface area contributed by atoms with Gasteiger partial charge in [-0.05, 0) is 28.3 Å². The van der Waals surface area contributed by atoms with Gasteiger partial charge in [0.25, 0.3) is 0 Å². The van der Waals surface area contributed by atoms with E-state index in [0.29, 0.717) is 5.56 Å². The van der Waals surface area contributed by atoms with Gasteiger partial charge >= 0.3 is 5.97 Å². The van der Waals surface area contributed by atoms with Crippen molar-refractivity contribution in [2.75, 3.05) is 6.61 Å². The second-order valence-corrected chi connectivity index (χ2v) is 6.76. The number of esters is 1. The molecule has 0 bridgehead atoms. The molecule has 0 atom stereocenters. The highest BCUT2D eigenvalue weighted by Crippen LogP contribution is 2.27. The molecule has 0 aliphatic heterocycles. The van der Waals surface area contributed by atoms with Crippen LogP contribution >= 0.6 is 0 Å². The summed E-state index contributed by atoms with van der Waals surface area (Å²) in [6.45, 7) is 0.260. The Kier molecular flexibility index (Phi) is 5.77. The van der Waals surface area contributed by atoms with Crippen LogP contribution in [0.3, 0.4) is 0 Å². The minimum Gasteiger partial charge on any atom is -0.461 e. The average Bonchev–Trinajstić information content (AvgIpc) is 2.81. The van der Waals surface area contributed by atoms with Crippen LogP contribution in [0.4, 0.5) is 0 Å². The standard InChI is InChI=1S/C26H21NO2/c28-26(24-18-27-17-16-23(24)20-10-4-1-5-11-20)29-19-25(21-12-6-2-7-13-21)22-14-8-3-9-15-22/h1-18,25H,19H2.